The molecular formula is C19H18Cl2N4O2S. The summed E-state index contributed by atoms with van der Waals surface area (Å²) in [7, 11) is 1.84. The Morgan fingerprint density at radius 3 is 2.75 bits per heavy atom. The summed E-state index contributed by atoms with van der Waals surface area (Å²) >= 11 is 13.2. The molecule has 0 atom stereocenters. The Labute approximate surface area is 177 Å². The minimum absolute atomic E-state index is 0.170. The van der Waals surface area contributed by atoms with Gasteiger partial charge in [0.05, 0.1) is 16.5 Å². The van der Waals surface area contributed by atoms with E-state index in [4.69, 9.17) is 27.9 Å². The molecule has 0 unspecified atom stereocenters. The highest BCUT2D eigenvalue weighted by Gasteiger charge is 2.13. The topological polar surface area (TPSA) is 69.0 Å². The Morgan fingerprint density at radius 1 is 1.21 bits per heavy atom. The smallest absolute Gasteiger partial charge is 0.234 e. The van der Waals surface area contributed by atoms with E-state index in [-0.39, 0.29) is 11.7 Å². The molecule has 28 heavy (non-hydrogen) atoms. The number of carbonyl (C=O) groups excluding carboxylic acids is 1. The fourth-order valence-electron chi connectivity index (χ4n) is 2.36. The van der Waals surface area contributed by atoms with Gasteiger partial charge in [0.1, 0.15) is 12.4 Å². The van der Waals surface area contributed by atoms with Gasteiger partial charge in [-0.3, -0.25) is 4.79 Å². The van der Waals surface area contributed by atoms with E-state index < -0.39 is 0 Å². The number of benzene rings is 2. The summed E-state index contributed by atoms with van der Waals surface area (Å²) in [5.74, 6) is 1.45. The van der Waals surface area contributed by atoms with Crippen LogP contribution in [0.3, 0.4) is 0 Å². The van der Waals surface area contributed by atoms with E-state index in [0.717, 1.165) is 11.3 Å². The highest BCUT2D eigenvalue weighted by molar-refractivity contribution is 7.99. The van der Waals surface area contributed by atoms with Crippen LogP contribution in [0.2, 0.25) is 10.0 Å². The van der Waals surface area contributed by atoms with Gasteiger partial charge in [-0.2, -0.15) is 0 Å². The third-order valence-electron chi connectivity index (χ3n) is 3.91. The van der Waals surface area contributed by atoms with Crippen LogP contribution < -0.4 is 10.1 Å². The molecule has 1 heterocycles. The van der Waals surface area contributed by atoms with Crippen molar-refractivity contribution in [2.75, 3.05) is 11.1 Å². The van der Waals surface area contributed by atoms with Crippen molar-refractivity contribution in [1.82, 2.24) is 14.8 Å². The maximum atomic E-state index is 12.2. The van der Waals surface area contributed by atoms with Crippen molar-refractivity contribution in [1.29, 1.82) is 0 Å². The van der Waals surface area contributed by atoms with Gasteiger partial charge in [0.2, 0.25) is 5.91 Å². The molecule has 0 saturated heterocycles. The van der Waals surface area contributed by atoms with Gasteiger partial charge in [0.25, 0.3) is 0 Å². The van der Waals surface area contributed by atoms with Crippen LogP contribution in [-0.4, -0.2) is 26.4 Å². The quantitative estimate of drug-likeness (QED) is 0.541. The van der Waals surface area contributed by atoms with Crippen LogP contribution in [0.4, 0.5) is 5.69 Å². The molecule has 1 aromatic heterocycles. The second-order valence-corrected chi connectivity index (χ2v) is 7.76. The summed E-state index contributed by atoms with van der Waals surface area (Å²) in [6.07, 6.45) is 0. The number of anilines is 1. The van der Waals surface area contributed by atoms with Gasteiger partial charge in [-0.1, -0.05) is 53.2 Å². The van der Waals surface area contributed by atoms with E-state index >= 15 is 0 Å². The van der Waals surface area contributed by atoms with E-state index in [1.807, 2.05) is 42.8 Å². The van der Waals surface area contributed by atoms with Crippen LogP contribution in [0.15, 0.2) is 47.6 Å². The van der Waals surface area contributed by atoms with E-state index in [9.17, 15) is 4.79 Å². The number of amides is 1. The number of aryl methyl sites for hydroxylation is 1. The number of hydrogen-bond acceptors (Lipinski definition) is 5. The zero-order valence-corrected chi connectivity index (χ0v) is 17.6. The first kappa shape index (κ1) is 20.5. The van der Waals surface area contributed by atoms with E-state index in [0.29, 0.717) is 33.3 Å². The summed E-state index contributed by atoms with van der Waals surface area (Å²) in [4.78, 5) is 12.2. The molecule has 0 aliphatic heterocycles. The van der Waals surface area contributed by atoms with E-state index in [2.05, 4.69) is 15.5 Å². The first-order valence-corrected chi connectivity index (χ1v) is 10.1. The fourth-order valence-corrected chi connectivity index (χ4v) is 3.55. The number of nitrogens with zero attached hydrogens (tertiary/aromatic N) is 3. The number of aromatic nitrogens is 3. The van der Waals surface area contributed by atoms with Gasteiger partial charge < -0.3 is 14.6 Å². The first-order chi connectivity index (χ1) is 13.4. The monoisotopic (exact) mass is 436 g/mol. The molecular weight excluding hydrogens is 419 g/mol. The summed E-state index contributed by atoms with van der Waals surface area (Å²) in [6, 6.07) is 12.7. The van der Waals surface area contributed by atoms with Crippen molar-refractivity contribution in [3.05, 3.63) is 63.9 Å². The van der Waals surface area contributed by atoms with Crippen LogP contribution in [-0.2, 0) is 18.4 Å². The molecule has 0 aliphatic carbocycles. The molecule has 1 amide bonds. The van der Waals surface area contributed by atoms with Gasteiger partial charge in [-0.25, -0.2) is 0 Å². The van der Waals surface area contributed by atoms with Crippen molar-refractivity contribution in [3.8, 4) is 5.75 Å². The zero-order chi connectivity index (χ0) is 20.1. The predicted octanol–water partition coefficient (Wildman–Crippen LogP) is 4.74. The molecule has 0 radical (unpaired) electrons. The van der Waals surface area contributed by atoms with E-state index in [1.54, 1.807) is 18.2 Å². The number of carbonyl (C=O) groups is 1. The Bertz CT molecular complexity index is 994. The summed E-state index contributed by atoms with van der Waals surface area (Å²) in [5, 5.41) is 12.6. The van der Waals surface area contributed by atoms with E-state index in [1.165, 1.54) is 11.8 Å². The number of ether oxygens (including phenoxy) is 1. The van der Waals surface area contributed by atoms with Gasteiger partial charge in [-0.15, -0.1) is 10.2 Å². The summed E-state index contributed by atoms with van der Waals surface area (Å²) < 4.78 is 7.62. The Morgan fingerprint density at radius 2 is 2.00 bits per heavy atom. The first-order valence-electron chi connectivity index (χ1n) is 8.38. The lowest BCUT2D eigenvalue weighted by Crippen LogP contribution is -2.15. The van der Waals surface area contributed by atoms with Crippen LogP contribution in [0, 0.1) is 6.92 Å². The average Bonchev–Trinajstić information content (AvgIpc) is 3.01. The third kappa shape index (κ3) is 5.19. The number of nitrogens with one attached hydrogen (secondary N) is 1. The Balaban J connectivity index is 1.55. The minimum Gasteiger partial charge on any atom is -0.485 e. The van der Waals surface area contributed by atoms with Gasteiger partial charge >= 0.3 is 0 Å². The normalized spacial score (nSPS) is 10.7. The van der Waals surface area contributed by atoms with Crippen molar-refractivity contribution in [2.45, 2.75) is 18.7 Å². The molecule has 146 valence electrons. The van der Waals surface area contributed by atoms with Crippen LogP contribution in [0.1, 0.15) is 11.4 Å². The SMILES string of the molecule is Cc1ccccc1OCc1nnc(SCC(=O)Nc2ccc(Cl)cc2Cl)n1C. The Kier molecular flexibility index (Phi) is 6.83. The second-order valence-electron chi connectivity index (χ2n) is 5.97. The lowest BCUT2D eigenvalue weighted by atomic mass is 10.2. The van der Waals surface area contributed by atoms with Crippen molar-refractivity contribution >= 4 is 46.6 Å². The summed E-state index contributed by atoms with van der Waals surface area (Å²) in [5.41, 5.74) is 1.57. The predicted molar refractivity (Wildman–Crippen MR) is 112 cm³/mol. The maximum Gasteiger partial charge on any atom is 0.234 e. The molecule has 2 aromatic carbocycles. The van der Waals surface area contributed by atoms with Gasteiger partial charge in [0.15, 0.2) is 11.0 Å². The van der Waals surface area contributed by atoms with Gasteiger partial charge in [0, 0.05) is 12.1 Å². The maximum absolute atomic E-state index is 12.2. The molecule has 3 rings (SSSR count). The van der Waals surface area contributed by atoms with Crippen LogP contribution in [0.25, 0.3) is 0 Å². The van der Waals surface area contributed by atoms with Crippen molar-refractivity contribution in [2.24, 2.45) is 7.05 Å². The Hall–Kier alpha value is -2.22. The molecule has 9 heteroatoms. The molecule has 0 aliphatic rings. The number of rotatable bonds is 7. The molecule has 1 N–H and O–H groups in total. The number of halogens is 2. The van der Waals surface area contributed by atoms with Crippen molar-refractivity contribution < 1.29 is 9.53 Å². The lowest BCUT2D eigenvalue weighted by molar-refractivity contribution is -0.113. The largest absolute Gasteiger partial charge is 0.485 e. The molecule has 0 bridgehead atoms. The highest BCUT2D eigenvalue weighted by atomic mass is 35.5. The zero-order valence-electron chi connectivity index (χ0n) is 15.3. The highest BCUT2D eigenvalue weighted by Crippen LogP contribution is 2.26. The van der Waals surface area contributed by atoms with Gasteiger partial charge in [-0.05, 0) is 36.8 Å². The number of thioether (sulfide) groups is 1. The minimum atomic E-state index is -0.199. The molecule has 0 fully saturated rings. The second kappa shape index (κ2) is 9.32. The summed E-state index contributed by atoms with van der Waals surface area (Å²) in [6.45, 7) is 2.28. The fraction of sp³-hybridized carbons (Fsp3) is 0.211. The number of hydrogen-bond donors (Lipinski definition) is 1. The molecule has 6 nitrogen and oxygen atoms in total. The lowest BCUT2D eigenvalue weighted by Gasteiger charge is -2.09. The van der Waals surface area contributed by atoms with Crippen molar-refractivity contribution in [3.63, 3.8) is 0 Å². The standard InChI is InChI=1S/C19H18Cl2N4O2S/c1-12-5-3-4-6-16(12)27-10-17-23-24-19(25(17)2)28-11-18(26)22-15-8-7-13(20)9-14(15)21/h3-9H,10-11H2,1-2H3,(H,22,26). The van der Waals surface area contributed by atoms with Crippen LogP contribution in [0.5, 0.6) is 5.75 Å². The average molecular weight is 437 g/mol. The molecule has 0 saturated carbocycles. The molecule has 3 aromatic rings. The third-order valence-corrected chi connectivity index (χ3v) is 5.48. The molecule has 0 spiro atoms. The number of para-hydroxylation sites is 1. The van der Waals surface area contributed by atoms with Crippen LogP contribution >= 0.6 is 35.0 Å².